The van der Waals surface area contributed by atoms with Crippen molar-refractivity contribution >= 4 is 35.3 Å². The zero-order chi connectivity index (χ0) is 21.6. The predicted molar refractivity (Wildman–Crippen MR) is 122 cm³/mol. The summed E-state index contributed by atoms with van der Waals surface area (Å²) in [5, 5.41) is 5.70. The van der Waals surface area contributed by atoms with Gasteiger partial charge in [-0.3, -0.25) is 9.59 Å². The van der Waals surface area contributed by atoms with Gasteiger partial charge >= 0.3 is 0 Å². The first-order valence-electron chi connectivity index (χ1n) is 9.85. The number of fused-ring (bicyclic) bond motifs is 1. The number of H-pyrrole nitrogens is 1. The van der Waals surface area contributed by atoms with Crippen molar-refractivity contribution in [2.75, 3.05) is 17.6 Å². The minimum absolute atomic E-state index is 0.195. The van der Waals surface area contributed by atoms with E-state index in [0.717, 1.165) is 28.5 Å². The molecule has 1 aliphatic heterocycles. The summed E-state index contributed by atoms with van der Waals surface area (Å²) in [7, 11) is 0. The van der Waals surface area contributed by atoms with E-state index in [4.69, 9.17) is 4.74 Å². The van der Waals surface area contributed by atoms with Crippen LogP contribution in [-0.2, 0) is 10.5 Å². The van der Waals surface area contributed by atoms with Crippen LogP contribution in [0.15, 0.2) is 60.6 Å². The van der Waals surface area contributed by atoms with Crippen molar-refractivity contribution in [1.29, 1.82) is 0 Å². The van der Waals surface area contributed by atoms with Crippen molar-refractivity contribution in [3.8, 4) is 5.75 Å². The van der Waals surface area contributed by atoms with E-state index >= 15 is 0 Å². The molecule has 158 valence electrons. The summed E-state index contributed by atoms with van der Waals surface area (Å²) in [5.74, 6) is 1.74. The number of ether oxygens (including phenoxy) is 1. The quantitative estimate of drug-likeness (QED) is 0.389. The number of anilines is 1. The van der Waals surface area contributed by atoms with Crippen molar-refractivity contribution < 1.29 is 14.3 Å². The van der Waals surface area contributed by atoms with Crippen LogP contribution in [0.4, 0.5) is 5.69 Å². The summed E-state index contributed by atoms with van der Waals surface area (Å²) in [6.45, 7) is 2.53. The van der Waals surface area contributed by atoms with Gasteiger partial charge in [0, 0.05) is 29.3 Å². The molecular formula is C23H22N4O3S. The van der Waals surface area contributed by atoms with Gasteiger partial charge in [0.1, 0.15) is 0 Å². The number of aryl methyl sites for hydroxylation is 1. The maximum atomic E-state index is 12.5. The van der Waals surface area contributed by atoms with Gasteiger partial charge in [0.15, 0.2) is 11.5 Å². The first-order chi connectivity index (χ1) is 15.1. The highest BCUT2D eigenvalue weighted by Gasteiger charge is 2.23. The van der Waals surface area contributed by atoms with Gasteiger partial charge in [0.25, 0.3) is 11.8 Å². The average Bonchev–Trinajstić information content (AvgIpc) is 3.19. The van der Waals surface area contributed by atoms with Crippen LogP contribution in [0.1, 0.15) is 27.3 Å². The van der Waals surface area contributed by atoms with Gasteiger partial charge in [-0.2, -0.15) is 11.8 Å². The normalized spacial score (nSPS) is 14.0. The third-order valence-corrected chi connectivity index (χ3v) is 5.71. The number of benzene rings is 2. The summed E-state index contributed by atoms with van der Waals surface area (Å²) < 4.78 is 5.75. The van der Waals surface area contributed by atoms with Crippen LogP contribution < -0.4 is 15.4 Å². The Morgan fingerprint density at radius 3 is 2.84 bits per heavy atom. The monoisotopic (exact) mass is 434 g/mol. The molecule has 31 heavy (non-hydrogen) atoms. The molecule has 3 aromatic rings. The highest BCUT2D eigenvalue weighted by atomic mass is 32.2. The Hall–Kier alpha value is -3.52. The second kappa shape index (κ2) is 9.53. The van der Waals surface area contributed by atoms with Gasteiger partial charge in [-0.05, 0) is 36.8 Å². The molecule has 0 bridgehead atoms. The number of carbonyl (C=O) groups excluding carboxylic acids is 2. The van der Waals surface area contributed by atoms with Crippen molar-refractivity contribution in [1.82, 2.24) is 15.3 Å². The van der Waals surface area contributed by atoms with E-state index in [0.29, 0.717) is 23.5 Å². The molecule has 0 fully saturated rings. The standard InChI is InChI=1S/C23H22N4O3S/c1-15-19(26-14-25-15)13-31-10-9-24-22(28)17-7-8-20-18(12-17)27-23(29)21(30-20)11-16-5-3-2-4-6-16/h2-8,11-12,14H,9-10,13H2,1H3,(H,24,28)(H,25,26)(H,27,29). The number of carbonyl (C=O) groups is 2. The van der Waals surface area contributed by atoms with E-state index in [9.17, 15) is 9.59 Å². The minimum Gasteiger partial charge on any atom is -0.449 e. The Balaban J connectivity index is 1.32. The van der Waals surface area contributed by atoms with E-state index in [-0.39, 0.29) is 17.6 Å². The predicted octanol–water partition coefficient (Wildman–Crippen LogP) is 3.75. The number of aromatic amines is 1. The molecule has 2 heterocycles. The maximum Gasteiger partial charge on any atom is 0.291 e. The lowest BCUT2D eigenvalue weighted by Gasteiger charge is -2.20. The lowest BCUT2D eigenvalue weighted by molar-refractivity contribution is -0.115. The van der Waals surface area contributed by atoms with Crippen LogP contribution in [0.5, 0.6) is 5.75 Å². The number of thioether (sulfide) groups is 1. The highest BCUT2D eigenvalue weighted by Crippen LogP contribution is 2.32. The number of imidazole rings is 1. The summed E-state index contributed by atoms with van der Waals surface area (Å²) in [5.41, 5.74) is 3.91. The molecule has 4 rings (SSSR count). The smallest absolute Gasteiger partial charge is 0.291 e. The third-order valence-electron chi connectivity index (χ3n) is 4.74. The maximum absolute atomic E-state index is 12.5. The van der Waals surface area contributed by atoms with E-state index in [1.165, 1.54) is 0 Å². The van der Waals surface area contributed by atoms with Crippen LogP contribution in [0.2, 0.25) is 0 Å². The van der Waals surface area contributed by atoms with E-state index < -0.39 is 0 Å². The lowest BCUT2D eigenvalue weighted by Crippen LogP contribution is -2.27. The summed E-state index contributed by atoms with van der Waals surface area (Å²) in [4.78, 5) is 32.2. The second-order valence-corrected chi connectivity index (χ2v) is 8.07. The average molecular weight is 435 g/mol. The number of hydrogen-bond donors (Lipinski definition) is 3. The molecule has 0 spiro atoms. The van der Waals surface area contributed by atoms with Gasteiger partial charge in [0.2, 0.25) is 0 Å². The number of aromatic nitrogens is 2. The van der Waals surface area contributed by atoms with Crippen LogP contribution in [0, 0.1) is 6.92 Å². The van der Waals surface area contributed by atoms with Gasteiger partial charge in [0.05, 0.1) is 17.7 Å². The van der Waals surface area contributed by atoms with Gasteiger partial charge in [-0.15, -0.1) is 0 Å². The fraction of sp³-hybridized carbons (Fsp3) is 0.174. The molecule has 1 aromatic heterocycles. The SMILES string of the molecule is Cc1[nH]cnc1CSCCNC(=O)c1ccc2c(c1)NC(=O)C(=Cc1ccccc1)O2. The molecule has 2 aromatic carbocycles. The zero-order valence-electron chi connectivity index (χ0n) is 17.0. The molecule has 3 N–H and O–H groups in total. The Bertz CT molecular complexity index is 1120. The Morgan fingerprint density at radius 2 is 2.06 bits per heavy atom. The van der Waals surface area contributed by atoms with Crippen molar-refractivity contribution in [3.63, 3.8) is 0 Å². The Kier molecular flexibility index (Phi) is 6.37. The first-order valence-corrected chi connectivity index (χ1v) is 11.0. The third kappa shape index (κ3) is 5.16. The fourth-order valence-corrected chi connectivity index (χ4v) is 3.92. The first kappa shape index (κ1) is 20.7. The number of nitrogens with one attached hydrogen (secondary N) is 3. The van der Waals surface area contributed by atoms with Crippen LogP contribution in [0.25, 0.3) is 6.08 Å². The number of nitrogens with zero attached hydrogens (tertiary/aromatic N) is 1. The van der Waals surface area contributed by atoms with E-state index in [1.807, 2.05) is 37.3 Å². The largest absolute Gasteiger partial charge is 0.449 e. The summed E-state index contributed by atoms with van der Waals surface area (Å²) in [6, 6.07) is 14.5. The molecule has 2 amide bonds. The molecule has 7 nitrogen and oxygen atoms in total. The molecule has 0 saturated heterocycles. The molecule has 0 radical (unpaired) electrons. The lowest BCUT2D eigenvalue weighted by atomic mass is 10.1. The minimum atomic E-state index is -0.348. The van der Waals surface area contributed by atoms with E-state index in [1.54, 1.807) is 42.4 Å². The zero-order valence-corrected chi connectivity index (χ0v) is 17.8. The molecule has 1 aliphatic rings. The van der Waals surface area contributed by atoms with Crippen LogP contribution >= 0.6 is 11.8 Å². The molecule has 0 atom stereocenters. The van der Waals surface area contributed by atoms with Crippen molar-refractivity contribution in [3.05, 3.63) is 83.1 Å². The van der Waals surface area contributed by atoms with Gasteiger partial charge < -0.3 is 20.4 Å². The molecule has 8 heteroatoms. The number of hydrogen-bond acceptors (Lipinski definition) is 5. The van der Waals surface area contributed by atoms with Crippen molar-refractivity contribution in [2.45, 2.75) is 12.7 Å². The molecule has 0 unspecified atom stereocenters. The van der Waals surface area contributed by atoms with Crippen LogP contribution in [-0.4, -0.2) is 34.1 Å². The van der Waals surface area contributed by atoms with Crippen LogP contribution in [0.3, 0.4) is 0 Å². The van der Waals surface area contributed by atoms with Crippen molar-refractivity contribution in [2.24, 2.45) is 0 Å². The van der Waals surface area contributed by atoms with E-state index in [2.05, 4.69) is 20.6 Å². The number of amides is 2. The van der Waals surface area contributed by atoms with Gasteiger partial charge in [-0.25, -0.2) is 4.98 Å². The topological polar surface area (TPSA) is 96.1 Å². The second-order valence-electron chi connectivity index (χ2n) is 6.97. The summed E-state index contributed by atoms with van der Waals surface area (Å²) >= 11 is 1.71. The van der Waals surface area contributed by atoms with Gasteiger partial charge in [-0.1, -0.05) is 30.3 Å². The number of rotatable bonds is 7. The molecule has 0 saturated carbocycles. The highest BCUT2D eigenvalue weighted by molar-refractivity contribution is 7.98. The fourth-order valence-electron chi connectivity index (χ4n) is 3.04. The summed E-state index contributed by atoms with van der Waals surface area (Å²) in [6.07, 6.45) is 3.37. The molecule has 0 aliphatic carbocycles. The molecular weight excluding hydrogens is 412 g/mol. The Labute approximate surface area is 184 Å². The Morgan fingerprint density at radius 1 is 1.23 bits per heavy atom.